The number of carbonyl (C=O) groups is 1. The lowest BCUT2D eigenvalue weighted by atomic mass is 10.2. The zero-order valence-corrected chi connectivity index (χ0v) is 9.83. The van der Waals surface area contributed by atoms with Crippen LogP contribution in [-0.2, 0) is 11.3 Å². The molecule has 0 bridgehead atoms. The fourth-order valence-electron chi connectivity index (χ4n) is 1.90. The lowest BCUT2D eigenvalue weighted by molar-refractivity contribution is -0.385. The summed E-state index contributed by atoms with van der Waals surface area (Å²) in [6.07, 6.45) is 4.57. The Balaban J connectivity index is 1.77. The van der Waals surface area contributed by atoms with Gasteiger partial charge in [-0.05, 0) is 19.4 Å². The second kappa shape index (κ2) is 5.58. The van der Waals surface area contributed by atoms with E-state index in [1.165, 1.54) is 10.9 Å². The van der Waals surface area contributed by atoms with Crippen LogP contribution >= 0.6 is 0 Å². The van der Waals surface area contributed by atoms with Crippen molar-refractivity contribution in [1.29, 1.82) is 0 Å². The Morgan fingerprint density at radius 2 is 2.56 bits per heavy atom. The maximum atomic E-state index is 11.6. The van der Waals surface area contributed by atoms with Crippen molar-refractivity contribution >= 4 is 11.6 Å². The summed E-state index contributed by atoms with van der Waals surface area (Å²) in [6, 6.07) is 0.334. The van der Waals surface area contributed by atoms with Gasteiger partial charge in [-0.2, -0.15) is 5.10 Å². The number of nitrogens with one attached hydrogen (secondary N) is 2. The van der Waals surface area contributed by atoms with Crippen molar-refractivity contribution in [3.05, 3.63) is 22.5 Å². The van der Waals surface area contributed by atoms with Crippen LogP contribution in [0.25, 0.3) is 0 Å². The molecule has 0 aliphatic carbocycles. The van der Waals surface area contributed by atoms with E-state index in [0.717, 1.165) is 25.6 Å². The summed E-state index contributed by atoms with van der Waals surface area (Å²) in [5, 5.41) is 20.2. The summed E-state index contributed by atoms with van der Waals surface area (Å²) in [5.74, 6) is -0.193. The first-order valence-corrected chi connectivity index (χ1v) is 5.82. The average Bonchev–Trinajstić information content (AvgIpc) is 2.96. The monoisotopic (exact) mass is 253 g/mol. The summed E-state index contributed by atoms with van der Waals surface area (Å²) in [6.45, 7) is 1.58. The molecule has 0 saturated carbocycles. The third kappa shape index (κ3) is 3.27. The largest absolute Gasteiger partial charge is 0.353 e. The van der Waals surface area contributed by atoms with Crippen molar-refractivity contribution in [2.75, 3.05) is 13.1 Å². The standard InChI is InChI=1S/C10H15N5O3/c16-10(12-4-8-2-1-3-11-8)7-14-6-9(5-13-14)15(17)18/h5-6,8,11H,1-4,7H2,(H,12,16). The van der Waals surface area contributed by atoms with E-state index in [9.17, 15) is 14.9 Å². The van der Waals surface area contributed by atoms with Crippen LogP contribution in [0.1, 0.15) is 12.8 Å². The van der Waals surface area contributed by atoms with Crippen LogP contribution in [0.4, 0.5) is 5.69 Å². The van der Waals surface area contributed by atoms with Crippen molar-refractivity contribution in [3.8, 4) is 0 Å². The van der Waals surface area contributed by atoms with Crippen molar-refractivity contribution in [2.24, 2.45) is 0 Å². The highest BCUT2D eigenvalue weighted by Crippen LogP contribution is 2.07. The van der Waals surface area contributed by atoms with E-state index < -0.39 is 4.92 Å². The zero-order chi connectivity index (χ0) is 13.0. The van der Waals surface area contributed by atoms with E-state index in [2.05, 4.69) is 15.7 Å². The second-order valence-electron chi connectivity index (χ2n) is 4.25. The number of hydrogen-bond donors (Lipinski definition) is 2. The molecule has 8 nitrogen and oxygen atoms in total. The van der Waals surface area contributed by atoms with Crippen LogP contribution in [0.3, 0.4) is 0 Å². The van der Waals surface area contributed by atoms with E-state index in [4.69, 9.17) is 0 Å². The molecule has 18 heavy (non-hydrogen) atoms. The van der Waals surface area contributed by atoms with Gasteiger partial charge in [0.2, 0.25) is 5.91 Å². The molecule has 1 fully saturated rings. The summed E-state index contributed by atoms with van der Waals surface area (Å²) in [4.78, 5) is 21.5. The average molecular weight is 253 g/mol. The van der Waals surface area contributed by atoms with Gasteiger partial charge in [-0.3, -0.25) is 19.6 Å². The molecular weight excluding hydrogens is 238 g/mol. The SMILES string of the molecule is O=C(Cn1cc([N+](=O)[O-])cn1)NCC1CCCN1. The molecule has 1 aromatic heterocycles. The number of nitrogens with zero attached hydrogens (tertiary/aromatic N) is 3. The lowest BCUT2D eigenvalue weighted by Gasteiger charge is -2.11. The van der Waals surface area contributed by atoms with Gasteiger partial charge >= 0.3 is 5.69 Å². The minimum Gasteiger partial charge on any atom is -0.353 e. The highest BCUT2D eigenvalue weighted by molar-refractivity contribution is 5.75. The summed E-state index contributed by atoms with van der Waals surface area (Å²) >= 11 is 0. The zero-order valence-electron chi connectivity index (χ0n) is 9.83. The number of rotatable bonds is 5. The normalized spacial score (nSPS) is 18.8. The Morgan fingerprint density at radius 1 is 1.72 bits per heavy atom. The fourth-order valence-corrected chi connectivity index (χ4v) is 1.90. The van der Waals surface area contributed by atoms with E-state index in [-0.39, 0.29) is 18.1 Å². The highest BCUT2D eigenvalue weighted by Gasteiger charge is 2.15. The van der Waals surface area contributed by atoms with Crippen molar-refractivity contribution < 1.29 is 9.72 Å². The molecule has 2 N–H and O–H groups in total. The van der Waals surface area contributed by atoms with E-state index >= 15 is 0 Å². The lowest BCUT2D eigenvalue weighted by Crippen LogP contribution is -2.38. The smallest absolute Gasteiger partial charge is 0.307 e. The Morgan fingerprint density at radius 3 is 3.17 bits per heavy atom. The van der Waals surface area contributed by atoms with Gasteiger partial charge < -0.3 is 10.6 Å². The maximum absolute atomic E-state index is 11.6. The molecule has 1 saturated heterocycles. The van der Waals surface area contributed by atoms with Gasteiger partial charge in [0.05, 0.1) is 4.92 Å². The fraction of sp³-hybridized carbons (Fsp3) is 0.600. The minimum absolute atomic E-state index is 0.000556. The van der Waals surface area contributed by atoms with Gasteiger partial charge in [-0.15, -0.1) is 0 Å². The topological polar surface area (TPSA) is 102 Å². The number of hydrogen-bond acceptors (Lipinski definition) is 5. The first kappa shape index (κ1) is 12.5. The highest BCUT2D eigenvalue weighted by atomic mass is 16.6. The molecule has 1 unspecified atom stereocenters. The number of nitro groups is 1. The molecule has 1 amide bonds. The Hall–Kier alpha value is -1.96. The van der Waals surface area contributed by atoms with Gasteiger partial charge in [0, 0.05) is 12.6 Å². The first-order chi connectivity index (χ1) is 8.65. The van der Waals surface area contributed by atoms with Crippen molar-refractivity contribution in [1.82, 2.24) is 20.4 Å². The molecule has 1 aromatic rings. The minimum atomic E-state index is -0.538. The quantitative estimate of drug-likeness (QED) is 0.552. The Kier molecular flexibility index (Phi) is 3.88. The van der Waals surface area contributed by atoms with Crippen LogP contribution in [0.15, 0.2) is 12.4 Å². The maximum Gasteiger partial charge on any atom is 0.307 e. The second-order valence-corrected chi connectivity index (χ2v) is 4.25. The molecule has 0 aromatic carbocycles. The van der Waals surface area contributed by atoms with Crippen molar-refractivity contribution in [3.63, 3.8) is 0 Å². The van der Waals surface area contributed by atoms with Gasteiger partial charge in [0.15, 0.2) is 0 Å². The van der Waals surface area contributed by atoms with Gasteiger partial charge in [0.1, 0.15) is 18.9 Å². The third-order valence-electron chi connectivity index (χ3n) is 2.84. The molecule has 0 radical (unpaired) electrons. The predicted molar refractivity (Wildman–Crippen MR) is 62.9 cm³/mol. The first-order valence-electron chi connectivity index (χ1n) is 5.82. The summed E-state index contributed by atoms with van der Waals surface area (Å²) in [5.41, 5.74) is -0.111. The number of aromatic nitrogens is 2. The van der Waals surface area contributed by atoms with Gasteiger partial charge in [-0.25, -0.2) is 0 Å². The predicted octanol–water partition coefficient (Wildman–Crippen LogP) is -0.341. The third-order valence-corrected chi connectivity index (χ3v) is 2.84. The molecule has 1 aliphatic heterocycles. The molecule has 1 aliphatic rings. The molecule has 2 rings (SSSR count). The van der Waals surface area contributed by atoms with Crippen LogP contribution in [-0.4, -0.2) is 39.7 Å². The molecule has 8 heteroatoms. The van der Waals surface area contributed by atoms with E-state index in [1.54, 1.807) is 0 Å². The molecule has 98 valence electrons. The van der Waals surface area contributed by atoms with E-state index in [1.807, 2.05) is 0 Å². The van der Waals surface area contributed by atoms with Gasteiger partial charge in [0.25, 0.3) is 0 Å². The molecular formula is C10H15N5O3. The Bertz CT molecular complexity index is 438. The van der Waals surface area contributed by atoms with Crippen LogP contribution in [0.2, 0.25) is 0 Å². The van der Waals surface area contributed by atoms with Gasteiger partial charge in [-0.1, -0.05) is 0 Å². The van der Waals surface area contributed by atoms with Crippen LogP contribution < -0.4 is 10.6 Å². The van der Waals surface area contributed by atoms with Crippen LogP contribution in [0, 0.1) is 10.1 Å². The summed E-state index contributed by atoms with van der Waals surface area (Å²) in [7, 11) is 0. The Labute approximate surface area is 104 Å². The number of amides is 1. The molecule has 0 spiro atoms. The summed E-state index contributed by atoms with van der Waals surface area (Å²) < 4.78 is 1.26. The van der Waals surface area contributed by atoms with E-state index in [0.29, 0.717) is 12.6 Å². The van der Waals surface area contributed by atoms with Crippen LogP contribution in [0.5, 0.6) is 0 Å². The molecule has 1 atom stereocenters. The number of carbonyl (C=O) groups excluding carboxylic acids is 1. The molecule has 2 heterocycles. The van der Waals surface area contributed by atoms with Crippen molar-refractivity contribution in [2.45, 2.75) is 25.4 Å².